The van der Waals surface area contributed by atoms with Crippen LogP contribution in [0.5, 0.6) is 0 Å². The van der Waals surface area contributed by atoms with Crippen molar-refractivity contribution in [1.82, 2.24) is 0 Å². The van der Waals surface area contributed by atoms with Crippen LogP contribution < -0.4 is 10.6 Å². The molecule has 1 aromatic rings. The number of anilines is 2. The standard InChI is InChI=1S/C10H12ClF3N2/c1-2-16(6-10(12,13)14)8-5-3-4-7(11)9(8)15/h3-5H,2,6,15H2,1H3. The molecule has 0 spiro atoms. The topological polar surface area (TPSA) is 29.3 Å². The zero-order chi connectivity index (χ0) is 12.3. The number of nitrogen functional groups attached to an aromatic ring is 1. The molecule has 0 radical (unpaired) electrons. The third-order valence-corrected chi connectivity index (χ3v) is 2.45. The number of hydrogen-bond donors (Lipinski definition) is 1. The predicted molar refractivity (Wildman–Crippen MR) is 59.8 cm³/mol. The second-order valence-corrected chi connectivity index (χ2v) is 3.71. The molecular formula is C10H12ClF3N2. The smallest absolute Gasteiger partial charge is 0.396 e. The largest absolute Gasteiger partial charge is 0.405 e. The highest BCUT2D eigenvalue weighted by Crippen LogP contribution is 2.31. The quantitative estimate of drug-likeness (QED) is 0.837. The van der Waals surface area contributed by atoms with Crippen molar-refractivity contribution < 1.29 is 13.2 Å². The van der Waals surface area contributed by atoms with Gasteiger partial charge in [0.25, 0.3) is 0 Å². The minimum atomic E-state index is -4.26. The summed E-state index contributed by atoms with van der Waals surface area (Å²) in [5, 5.41) is 0.262. The Labute approximate surface area is 96.8 Å². The highest BCUT2D eigenvalue weighted by Gasteiger charge is 2.31. The van der Waals surface area contributed by atoms with Gasteiger partial charge >= 0.3 is 6.18 Å². The van der Waals surface area contributed by atoms with E-state index in [1.54, 1.807) is 19.1 Å². The van der Waals surface area contributed by atoms with Crippen LogP contribution in [-0.4, -0.2) is 19.3 Å². The number of halogens is 4. The van der Waals surface area contributed by atoms with Gasteiger partial charge in [0.15, 0.2) is 0 Å². The van der Waals surface area contributed by atoms with Crippen LogP contribution in [0.25, 0.3) is 0 Å². The van der Waals surface area contributed by atoms with E-state index >= 15 is 0 Å². The summed E-state index contributed by atoms with van der Waals surface area (Å²) in [6.45, 7) is 0.810. The Morgan fingerprint density at radius 1 is 1.38 bits per heavy atom. The van der Waals surface area contributed by atoms with E-state index < -0.39 is 12.7 Å². The van der Waals surface area contributed by atoms with Crippen molar-refractivity contribution in [2.45, 2.75) is 13.1 Å². The van der Waals surface area contributed by atoms with Gasteiger partial charge in [-0.25, -0.2) is 0 Å². The highest BCUT2D eigenvalue weighted by atomic mass is 35.5. The van der Waals surface area contributed by atoms with Crippen molar-refractivity contribution in [1.29, 1.82) is 0 Å². The first-order chi connectivity index (χ1) is 7.35. The fourth-order valence-corrected chi connectivity index (χ4v) is 1.55. The van der Waals surface area contributed by atoms with Gasteiger partial charge in [0.2, 0.25) is 0 Å². The Bertz CT molecular complexity index is 366. The predicted octanol–water partition coefficient (Wildman–Crippen LogP) is 3.31. The van der Waals surface area contributed by atoms with Crippen molar-refractivity contribution in [3.8, 4) is 0 Å². The second-order valence-electron chi connectivity index (χ2n) is 3.30. The number of para-hydroxylation sites is 1. The highest BCUT2D eigenvalue weighted by molar-refractivity contribution is 6.33. The van der Waals surface area contributed by atoms with E-state index in [4.69, 9.17) is 17.3 Å². The molecule has 0 saturated carbocycles. The number of benzene rings is 1. The van der Waals surface area contributed by atoms with Crippen LogP contribution in [-0.2, 0) is 0 Å². The lowest BCUT2D eigenvalue weighted by molar-refractivity contribution is -0.119. The van der Waals surface area contributed by atoms with Crippen molar-refractivity contribution in [2.24, 2.45) is 0 Å². The fourth-order valence-electron chi connectivity index (χ4n) is 1.39. The molecule has 0 bridgehead atoms. The second kappa shape index (κ2) is 4.82. The molecule has 90 valence electrons. The molecule has 0 aromatic heterocycles. The fraction of sp³-hybridized carbons (Fsp3) is 0.400. The molecule has 1 aromatic carbocycles. The van der Waals surface area contributed by atoms with E-state index in [-0.39, 0.29) is 17.3 Å². The van der Waals surface area contributed by atoms with Gasteiger partial charge in [-0.05, 0) is 19.1 Å². The van der Waals surface area contributed by atoms with Crippen LogP contribution in [0.4, 0.5) is 24.5 Å². The molecule has 0 heterocycles. The van der Waals surface area contributed by atoms with E-state index in [0.29, 0.717) is 5.69 Å². The molecule has 1 rings (SSSR count). The first kappa shape index (κ1) is 13.0. The zero-order valence-corrected chi connectivity index (χ0v) is 9.44. The molecule has 6 heteroatoms. The average molecular weight is 253 g/mol. The van der Waals surface area contributed by atoms with Gasteiger partial charge in [-0.2, -0.15) is 13.2 Å². The summed E-state index contributed by atoms with van der Waals surface area (Å²) >= 11 is 5.75. The van der Waals surface area contributed by atoms with Crippen LogP contribution in [0.1, 0.15) is 6.92 Å². The SMILES string of the molecule is CCN(CC(F)(F)F)c1cccc(Cl)c1N. The first-order valence-corrected chi connectivity index (χ1v) is 5.08. The lowest BCUT2D eigenvalue weighted by Crippen LogP contribution is -2.34. The molecule has 2 N–H and O–H groups in total. The van der Waals surface area contributed by atoms with Gasteiger partial charge in [-0.3, -0.25) is 0 Å². The Morgan fingerprint density at radius 2 is 2.00 bits per heavy atom. The number of alkyl halides is 3. The molecule has 0 fully saturated rings. The molecule has 0 aliphatic carbocycles. The molecule has 0 atom stereocenters. The Balaban J connectivity index is 3.00. The van der Waals surface area contributed by atoms with Crippen molar-refractivity contribution in [2.75, 3.05) is 23.7 Å². The lowest BCUT2D eigenvalue weighted by atomic mass is 10.2. The van der Waals surface area contributed by atoms with Gasteiger partial charge in [-0.15, -0.1) is 0 Å². The molecule has 16 heavy (non-hydrogen) atoms. The third kappa shape index (κ3) is 3.20. The number of nitrogens with zero attached hydrogens (tertiary/aromatic N) is 1. The Hall–Kier alpha value is -1.10. The summed E-state index contributed by atoms with van der Waals surface area (Å²) in [4.78, 5) is 1.14. The Kier molecular flexibility index (Phi) is 3.91. The summed E-state index contributed by atoms with van der Waals surface area (Å²) in [5.74, 6) is 0. The summed E-state index contributed by atoms with van der Waals surface area (Å²) in [5.41, 5.74) is 6.13. The third-order valence-electron chi connectivity index (χ3n) is 2.12. The van der Waals surface area contributed by atoms with E-state index in [1.807, 2.05) is 0 Å². The molecule has 0 unspecified atom stereocenters. The van der Waals surface area contributed by atoms with Crippen molar-refractivity contribution >= 4 is 23.0 Å². The molecule has 2 nitrogen and oxygen atoms in total. The normalized spacial score (nSPS) is 11.6. The zero-order valence-electron chi connectivity index (χ0n) is 8.68. The van der Waals surface area contributed by atoms with Crippen molar-refractivity contribution in [3.05, 3.63) is 23.2 Å². The Morgan fingerprint density at radius 3 is 2.50 bits per heavy atom. The first-order valence-electron chi connectivity index (χ1n) is 4.71. The van der Waals surface area contributed by atoms with Gasteiger partial charge in [0.1, 0.15) is 6.54 Å². The number of hydrogen-bond acceptors (Lipinski definition) is 2. The van der Waals surface area contributed by atoms with E-state index in [0.717, 1.165) is 4.90 Å². The van der Waals surface area contributed by atoms with Crippen LogP contribution in [0, 0.1) is 0 Å². The molecule has 0 aliphatic heterocycles. The van der Waals surface area contributed by atoms with Crippen LogP contribution in [0.15, 0.2) is 18.2 Å². The van der Waals surface area contributed by atoms with E-state index in [1.165, 1.54) is 6.07 Å². The summed E-state index contributed by atoms with van der Waals surface area (Å²) < 4.78 is 36.9. The summed E-state index contributed by atoms with van der Waals surface area (Å²) in [6, 6.07) is 4.64. The summed E-state index contributed by atoms with van der Waals surface area (Å²) in [7, 11) is 0. The maximum absolute atomic E-state index is 12.3. The molecule has 0 amide bonds. The molecule has 0 saturated heterocycles. The van der Waals surface area contributed by atoms with Crippen molar-refractivity contribution in [3.63, 3.8) is 0 Å². The minimum Gasteiger partial charge on any atom is -0.396 e. The minimum absolute atomic E-state index is 0.176. The lowest BCUT2D eigenvalue weighted by Gasteiger charge is -2.25. The van der Waals surface area contributed by atoms with E-state index in [9.17, 15) is 13.2 Å². The average Bonchev–Trinajstić information content (AvgIpc) is 2.18. The van der Waals surface area contributed by atoms with Gasteiger partial charge in [0, 0.05) is 6.54 Å². The summed E-state index contributed by atoms with van der Waals surface area (Å²) in [6.07, 6.45) is -4.26. The number of nitrogens with two attached hydrogens (primary N) is 1. The van der Waals surface area contributed by atoms with Crippen LogP contribution in [0.2, 0.25) is 5.02 Å². The van der Waals surface area contributed by atoms with Gasteiger partial charge in [-0.1, -0.05) is 17.7 Å². The van der Waals surface area contributed by atoms with Gasteiger partial charge < -0.3 is 10.6 Å². The maximum Gasteiger partial charge on any atom is 0.405 e. The molecular weight excluding hydrogens is 241 g/mol. The van der Waals surface area contributed by atoms with Crippen LogP contribution in [0.3, 0.4) is 0 Å². The molecule has 0 aliphatic rings. The maximum atomic E-state index is 12.3. The van der Waals surface area contributed by atoms with Crippen LogP contribution >= 0.6 is 11.6 Å². The monoisotopic (exact) mass is 252 g/mol. The van der Waals surface area contributed by atoms with E-state index in [2.05, 4.69) is 0 Å². The number of rotatable bonds is 3. The van der Waals surface area contributed by atoms with Gasteiger partial charge in [0.05, 0.1) is 16.4 Å².